The van der Waals surface area contributed by atoms with E-state index in [1.54, 1.807) is 18.5 Å². The van der Waals surface area contributed by atoms with Crippen LogP contribution in [0.1, 0.15) is 53.9 Å². The highest BCUT2D eigenvalue weighted by atomic mass is 32.1. The standard InChI is InChI=1S/C23H22N4OS/c28-22(18-10-11-19-20(12-18)25-14-24-19)27-23-26-21(13-29-23)17-8-6-16(7-9-17)15-4-2-1-3-5-15/h6-15H,1-5H2,(H,24,25)(H,26,27,28). The molecule has 2 aromatic heterocycles. The van der Waals surface area contributed by atoms with Crippen LogP contribution in [0, 0.1) is 0 Å². The monoisotopic (exact) mass is 402 g/mol. The topological polar surface area (TPSA) is 70.7 Å². The Morgan fingerprint density at radius 3 is 2.72 bits per heavy atom. The van der Waals surface area contributed by atoms with Crippen LogP contribution in [-0.4, -0.2) is 20.9 Å². The van der Waals surface area contributed by atoms with Crippen molar-refractivity contribution in [3.05, 3.63) is 65.3 Å². The van der Waals surface area contributed by atoms with E-state index in [9.17, 15) is 4.79 Å². The number of carbonyl (C=O) groups is 1. The van der Waals surface area contributed by atoms with E-state index in [-0.39, 0.29) is 5.91 Å². The number of thiazole rings is 1. The number of nitrogens with zero attached hydrogens (tertiary/aromatic N) is 2. The van der Waals surface area contributed by atoms with E-state index in [0.717, 1.165) is 22.3 Å². The van der Waals surface area contributed by atoms with Crippen molar-refractivity contribution in [3.63, 3.8) is 0 Å². The number of hydrogen-bond acceptors (Lipinski definition) is 4. The number of aromatic amines is 1. The van der Waals surface area contributed by atoms with Gasteiger partial charge in [0.15, 0.2) is 5.13 Å². The summed E-state index contributed by atoms with van der Waals surface area (Å²) >= 11 is 1.44. The molecule has 1 aliphatic rings. The van der Waals surface area contributed by atoms with Crippen LogP contribution in [0.5, 0.6) is 0 Å². The number of benzene rings is 2. The second-order valence-corrected chi connectivity index (χ2v) is 8.44. The molecule has 0 atom stereocenters. The second-order valence-electron chi connectivity index (χ2n) is 7.58. The highest BCUT2D eigenvalue weighted by Gasteiger charge is 2.16. The van der Waals surface area contributed by atoms with Gasteiger partial charge in [-0.2, -0.15) is 0 Å². The molecule has 2 N–H and O–H groups in total. The van der Waals surface area contributed by atoms with Gasteiger partial charge < -0.3 is 4.98 Å². The summed E-state index contributed by atoms with van der Waals surface area (Å²) in [5.41, 5.74) is 5.68. The number of rotatable bonds is 4. The zero-order valence-corrected chi connectivity index (χ0v) is 16.8. The number of carbonyl (C=O) groups excluding carboxylic acids is 1. The molecule has 5 rings (SSSR count). The van der Waals surface area contributed by atoms with Crippen LogP contribution in [0.25, 0.3) is 22.3 Å². The van der Waals surface area contributed by atoms with Crippen molar-refractivity contribution in [1.82, 2.24) is 15.0 Å². The summed E-state index contributed by atoms with van der Waals surface area (Å²) < 4.78 is 0. The van der Waals surface area contributed by atoms with Crippen molar-refractivity contribution >= 4 is 33.4 Å². The van der Waals surface area contributed by atoms with Gasteiger partial charge in [0.1, 0.15) is 0 Å². The van der Waals surface area contributed by atoms with Crippen LogP contribution in [-0.2, 0) is 0 Å². The third-order valence-corrected chi connectivity index (χ3v) is 6.45. The molecule has 146 valence electrons. The van der Waals surface area contributed by atoms with Gasteiger partial charge in [-0.3, -0.25) is 10.1 Å². The maximum atomic E-state index is 12.6. The Morgan fingerprint density at radius 2 is 1.90 bits per heavy atom. The van der Waals surface area contributed by atoms with Crippen molar-refractivity contribution < 1.29 is 4.79 Å². The molecule has 1 amide bonds. The maximum absolute atomic E-state index is 12.6. The average molecular weight is 403 g/mol. The third-order valence-electron chi connectivity index (χ3n) is 5.69. The summed E-state index contributed by atoms with van der Waals surface area (Å²) in [6.45, 7) is 0. The van der Waals surface area contributed by atoms with Gasteiger partial charge in [0.2, 0.25) is 0 Å². The van der Waals surface area contributed by atoms with Gasteiger partial charge in [0.25, 0.3) is 5.91 Å². The zero-order chi connectivity index (χ0) is 19.6. The Bertz CT molecular complexity index is 1140. The maximum Gasteiger partial charge on any atom is 0.257 e. The lowest BCUT2D eigenvalue weighted by Gasteiger charge is -2.22. The number of aromatic nitrogens is 3. The van der Waals surface area contributed by atoms with Gasteiger partial charge in [0, 0.05) is 16.5 Å². The summed E-state index contributed by atoms with van der Waals surface area (Å²) in [7, 11) is 0. The first-order valence-electron chi connectivity index (χ1n) is 10.1. The first-order chi connectivity index (χ1) is 14.3. The Balaban J connectivity index is 1.29. The highest BCUT2D eigenvalue weighted by Crippen LogP contribution is 2.34. The van der Waals surface area contributed by atoms with Gasteiger partial charge >= 0.3 is 0 Å². The minimum atomic E-state index is -0.171. The van der Waals surface area contributed by atoms with Crippen LogP contribution in [0.15, 0.2) is 54.2 Å². The second kappa shape index (κ2) is 7.79. The molecule has 0 aliphatic heterocycles. The molecule has 0 unspecified atom stereocenters. The molecule has 5 nitrogen and oxygen atoms in total. The number of imidazole rings is 1. The fourth-order valence-corrected chi connectivity index (χ4v) is 4.79. The molecular formula is C23H22N4OS. The molecule has 1 saturated carbocycles. The van der Waals surface area contributed by atoms with Crippen LogP contribution in [0.2, 0.25) is 0 Å². The van der Waals surface area contributed by atoms with Crippen LogP contribution in [0.4, 0.5) is 5.13 Å². The van der Waals surface area contributed by atoms with Crippen molar-refractivity contribution in [1.29, 1.82) is 0 Å². The third kappa shape index (κ3) is 3.80. The first-order valence-corrected chi connectivity index (χ1v) is 10.9. The summed E-state index contributed by atoms with van der Waals surface area (Å²) in [6, 6.07) is 14.2. The molecule has 0 bridgehead atoms. The van der Waals surface area contributed by atoms with Gasteiger partial charge in [-0.25, -0.2) is 9.97 Å². The van der Waals surface area contributed by atoms with E-state index in [0.29, 0.717) is 16.6 Å². The van der Waals surface area contributed by atoms with Crippen LogP contribution in [0.3, 0.4) is 0 Å². The fourth-order valence-electron chi connectivity index (χ4n) is 4.07. The van der Waals surface area contributed by atoms with E-state index >= 15 is 0 Å². The van der Waals surface area contributed by atoms with Crippen molar-refractivity contribution in [2.24, 2.45) is 0 Å². The molecule has 0 radical (unpaired) electrons. The van der Waals surface area contributed by atoms with Crippen LogP contribution >= 0.6 is 11.3 Å². The SMILES string of the molecule is O=C(Nc1nc(-c2ccc(C3CCCCC3)cc2)cs1)c1ccc2nc[nH]c2c1. The molecule has 2 aromatic carbocycles. The lowest BCUT2D eigenvalue weighted by atomic mass is 9.84. The number of anilines is 1. The minimum absolute atomic E-state index is 0.171. The Labute approximate surface area is 173 Å². The quantitative estimate of drug-likeness (QED) is 0.441. The van der Waals surface area contributed by atoms with Gasteiger partial charge in [-0.15, -0.1) is 11.3 Å². The highest BCUT2D eigenvalue weighted by molar-refractivity contribution is 7.14. The van der Waals surface area contributed by atoms with E-state index in [1.807, 2.05) is 11.4 Å². The molecule has 0 saturated heterocycles. The summed E-state index contributed by atoms with van der Waals surface area (Å²) in [5, 5.41) is 5.49. The van der Waals surface area contributed by atoms with Gasteiger partial charge in [0.05, 0.1) is 23.1 Å². The van der Waals surface area contributed by atoms with E-state index in [2.05, 4.69) is 44.5 Å². The predicted octanol–water partition coefficient (Wildman–Crippen LogP) is 5.99. The zero-order valence-electron chi connectivity index (χ0n) is 16.0. The molecule has 4 aromatic rings. The van der Waals surface area contributed by atoms with Gasteiger partial charge in [-0.1, -0.05) is 43.5 Å². The van der Waals surface area contributed by atoms with Crippen molar-refractivity contribution in [2.45, 2.75) is 38.0 Å². The summed E-state index contributed by atoms with van der Waals surface area (Å²) in [6.07, 6.45) is 8.29. The summed E-state index contributed by atoms with van der Waals surface area (Å²) in [4.78, 5) is 24.4. The largest absolute Gasteiger partial charge is 0.345 e. The Morgan fingerprint density at radius 1 is 1.07 bits per heavy atom. The molecule has 1 fully saturated rings. The molecule has 6 heteroatoms. The lowest BCUT2D eigenvalue weighted by Crippen LogP contribution is -2.11. The minimum Gasteiger partial charge on any atom is -0.345 e. The fraction of sp³-hybridized carbons (Fsp3) is 0.261. The summed E-state index contributed by atoms with van der Waals surface area (Å²) in [5.74, 6) is 0.533. The number of fused-ring (bicyclic) bond motifs is 1. The van der Waals surface area contributed by atoms with E-state index in [4.69, 9.17) is 0 Å². The van der Waals surface area contributed by atoms with Gasteiger partial charge in [-0.05, 0) is 42.5 Å². The predicted molar refractivity (Wildman–Crippen MR) is 117 cm³/mol. The Hall–Kier alpha value is -2.99. The smallest absolute Gasteiger partial charge is 0.257 e. The molecule has 29 heavy (non-hydrogen) atoms. The molecular weight excluding hydrogens is 380 g/mol. The van der Waals surface area contributed by atoms with Crippen LogP contribution < -0.4 is 5.32 Å². The van der Waals surface area contributed by atoms with E-state index in [1.165, 1.54) is 49.0 Å². The Kier molecular flexibility index (Phi) is 4.86. The molecule has 0 spiro atoms. The number of nitrogens with one attached hydrogen (secondary N) is 2. The number of hydrogen-bond donors (Lipinski definition) is 2. The molecule has 2 heterocycles. The molecule has 1 aliphatic carbocycles. The number of H-pyrrole nitrogens is 1. The van der Waals surface area contributed by atoms with Crippen molar-refractivity contribution in [2.75, 3.05) is 5.32 Å². The first kappa shape index (κ1) is 18.1. The average Bonchev–Trinajstić information content (AvgIpc) is 3.43. The number of amides is 1. The normalized spacial score (nSPS) is 14.9. The lowest BCUT2D eigenvalue weighted by molar-refractivity contribution is 0.102. The van der Waals surface area contributed by atoms with Crippen molar-refractivity contribution in [3.8, 4) is 11.3 Å². The van der Waals surface area contributed by atoms with E-state index < -0.39 is 0 Å².